The summed E-state index contributed by atoms with van der Waals surface area (Å²) < 4.78 is 34.0. The SMILES string of the molecule is Cc1ncc(-c2ccc(S(=O)(=O)N[C@H]3CCCc4ccccc43)cc2)o1. The van der Waals surface area contributed by atoms with Crippen LogP contribution in [0.1, 0.15) is 35.9 Å². The molecule has 1 aliphatic carbocycles. The molecule has 0 spiro atoms. The first-order valence-corrected chi connectivity index (χ1v) is 10.1. The van der Waals surface area contributed by atoms with Gasteiger partial charge in [-0.3, -0.25) is 0 Å². The van der Waals surface area contributed by atoms with E-state index in [2.05, 4.69) is 15.8 Å². The summed E-state index contributed by atoms with van der Waals surface area (Å²) in [4.78, 5) is 4.32. The van der Waals surface area contributed by atoms with Crippen LogP contribution in [0.3, 0.4) is 0 Å². The molecule has 0 saturated carbocycles. The summed E-state index contributed by atoms with van der Waals surface area (Å²) in [6.07, 6.45) is 4.43. The van der Waals surface area contributed by atoms with E-state index in [1.807, 2.05) is 18.2 Å². The van der Waals surface area contributed by atoms with E-state index in [0.717, 1.165) is 30.4 Å². The summed E-state index contributed by atoms with van der Waals surface area (Å²) in [5.41, 5.74) is 3.10. The highest BCUT2D eigenvalue weighted by Gasteiger charge is 2.25. The molecule has 1 aliphatic rings. The molecule has 2 aromatic carbocycles. The second kappa shape index (κ2) is 6.70. The number of aryl methyl sites for hydroxylation is 2. The van der Waals surface area contributed by atoms with Crippen molar-refractivity contribution in [1.29, 1.82) is 0 Å². The van der Waals surface area contributed by atoms with Crippen LogP contribution >= 0.6 is 0 Å². The Labute approximate surface area is 153 Å². The molecular formula is C20H20N2O3S. The van der Waals surface area contributed by atoms with Crippen molar-refractivity contribution in [3.63, 3.8) is 0 Å². The number of hydrogen-bond donors (Lipinski definition) is 1. The number of hydrogen-bond acceptors (Lipinski definition) is 4. The summed E-state index contributed by atoms with van der Waals surface area (Å²) in [6, 6.07) is 14.5. The molecule has 1 aromatic heterocycles. The summed E-state index contributed by atoms with van der Waals surface area (Å²) in [5, 5.41) is 0. The summed E-state index contributed by atoms with van der Waals surface area (Å²) in [5.74, 6) is 1.20. The van der Waals surface area contributed by atoms with E-state index < -0.39 is 10.0 Å². The lowest BCUT2D eigenvalue weighted by molar-refractivity contribution is 0.507. The molecule has 26 heavy (non-hydrogen) atoms. The van der Waals surface area contributed by atoms with E-state index in [1.165, 1.54) is 5.56 Å². The normalized spacial score (nSPS) is 17.0. The fourth-order valence-electron chi connectivity index (χ4n) is 3.42. The highest BCUT2D eigenvalue weighted by Crippen LogP contribution is 2.31. The van der Waals surface area contributed by atoms with Gasteiger partial charge in [0.2, 0.25) is 10.0 Å². The Hall–Kier alpha value is -2.44. The molecule has 0 fully saturated rings. The monoisotopic (exact) mass is 368 g/mol. The van der Waals surface area contributed by atoms with Gasteiger partial charge in [0.1, 0.15) is 0 Å². The van der Waals surface area contributed by atoms with Crippen molar-refractivity contribution in [2.24, 2.45) is 0 Å². The topological polar surface area (TPSA) is 72.2 Å². The predicted octanol–water partition coefficient (Wildman–Crippen LogP) is 4.01. The fraction of sp³-hybridized carbons (Fsp3) is 0.250. The van der Waals surface area contributed by atoms with E-state index >= 15 is 0 Å². The molecule has 0 bridgehead atoms. The van der Waals surface area contributed by atoms with E-state index in [4.69, 9.17) is 4.42 Å². The van der Waals surface area contributed by atoms with Crippen molar-refractivity contribution in [2.45, 2.75) is 37.1 Å². The van der Waals surface area contributed by atoms with Crippen molar-refractivity contribution in [2.75, 3.05) is 0 Å². The smallest absolute Gasteiger partial charge is 0.241 e. The summed E-state index contributed by atoms with van der Waals surface area (Å²) in [6.45, 7) is 1.77. The third kappa shape index (κ3) is 3.30. The van der Waals surface area contributed by atoms with Gasteiger partial charge >= 0.3 is 0 Å². The Morgan fingerprint density at radius 1 is 1.12 bits per heavy atom. The van der Waals surface area contributed by atoms with Crippen molar-refractivity contribution < 1.29 is 12.8 Å². The molecule has 0 radical (unpaired) electrons. The quantitative estimate of drug-likeness (QED) is 0.755. The first-order valence-electron chi connectivity index (χ1n) is 8.66. The van der Waals surface area contributed by atoms with E-state index in [0.29, 0.717) is 11.7 Å². The maximum Gasteiger partial charge on any atom is 0.241 e. The largest absolute Gasteiger partial charge is 0.441 e. The lowest BCUT2D eigenvalue weighted by atomic mass is 9.88. The highest BCUT2D eigenvalue weighted by molar-refractivity contribution is 7.89. The van der Waals surface area contributed by atoms with E-state index in [-0.39, 0.29) is 10.9 Å². The zero-order valence-corrected chi connectivity index (χ0v) is 15.3. The Balaban J connectivity index is 1.58. The van der Waals surface area contributed by atoms with Crippen LogP contribution in [0.25, 0.3) is 11.3 Å². The lowest BCUT2D eigenvalue weighted by Crippen LogP contribution is -2.31. The minimum atomic E-state index is -3.59. The van der Waals surface area contributed by atoms with Gasteiger partial charge in [0.05, 0.1) is 11.1 Å². The average Bonchev–Trinajstić information content (AvgIpc) is 3.08. The van der Waals surface area contributed by atoms with Gasteiger partial charge in [-0.15, -0.1) is 0 Å². The standard InChI is InChI=1S/C20H20N2O3S/c1-14-21-13-20(25-14)16-9-11-17(12-10-16)26(23,24)22-19-8-4-6-15-5-2-3-7-18(15)19/h2-3,5,7,9-13,19,22H,4,6,8H2,1H3/t19-/m0/s1. The Bertz CT molecular complexity index is 1020. The lowest BCUT2D eigenvalue weighted by Gasteiger charge is -2.26. The second-order valence-electron chi connectivity index (χ2n) is 6.53. The van der Waals surface area contributed by atoms with Crippen molar-refractivity contribution in [3.8, 4) is 11.3 Å². The van der Waals surface area contributed by atoms with Crippen LogP contribution in [-0.2, 0) is 16.4 Å². The van der Waals surface area contributed by atoms with E-state index in [1.54, 1.807) is 37.4 Å². The Morgan fingerprint density at radius 3 is 2.62 bits per heavy atom. The third-order valence-electron chi connectivity index (χ3n) is 4.74. The molecule has 134 valence electrons. The van der Waals surface area contributed by atoms with Gasteiger partial charge in [-0.2, -0.15) is 0 Å². The molecule has 1 heterocycles. The second-order valence-corrected chi connectivity index (χ2v) is 8.25. The van der Waals surface area contributed by atoms with Crippen LogP contribution in [0, 0.1) is 6.92 Å². The van der Waals surface area contributed by atoms with Crippen LogP contribution in [0.5, 0.6) is 0 Å². The maximum atomic E-state index is 12.8. The number of aromatic nitrogens is 1. The van der Waals surface area contributed by atoms with Gasteiger partial charge < -0.3 is 4.42 Å². The highest BCUT2D eigenvalue weighted by atomic mass is 32.2. The average molecular weight is 368 g/mol. The minimum absolute atomic E-state index is 0.179. The summed E-state index contributed by atoms with van der Waals surface area (Å²) >= 11 is 0. The summed E-state index contributed by atoms with van der Waals surface area (Å²) in [7, 11) is -3.59. The molecule has 1 atom stereocenters. The molecule has 5 nitrogen and oxygen atoms in total. The molecule has 0 saturated heterocycles. The molecule has 4 rings (SSSR count). The van der Waals surface area contributed by atoms with Gasteiger partial charge in [0, 0.05) is 18.5 Å². The van der Waals surface area contributed by atoms with E-state index in [9.17, 15) is 8.42 Å². The van der Waals surface area contributed by atoms with Gasteiger partial charge in [-0.25, -0.2) is 18.1 Å². The number of oxazole rings is 1. The van der Waals surface area contributed by atoms with Gasteiger partial charge in [-0.1, -0.05) is 24.3 Å². The molecule has 0 unspecified atom stereocenters. The number of nitrogens with one attached hydrogen (secondary N) is 1. The van der Waals surface area contributed by atoms with Crippen LogP contribution in [-0.4, -0.2) is 13.4 Å². The Morgan fingerprint density at radius 2 is 1.88 bits per heavy atom. The number of benzene rings is 2. The van der Waals surface area contributed by atoms with Crippen LogP contribution in [0.2, 0.25) is 0 Å². The minimum Gasteiger partial charge on any atom is -0.441 e. The number of fused-ring (bicyclic) bond motifs is 1. The van der Waals surface area contributed by atoms with Crippen LogP contribution in [0.15, 0.2) is 64.0 Å². The number of rotatable bonds is 4. The first kappa shape index (κ1) is 17.0. The van der Waals surface area contributed by atoms with Gasteiger partial charge in [-0.05, 0) is 54.7 Å². The number of nitrogens with zero attached hydrogens (tertiary/aromatic N) is 1. The molecule has 1 N–H and O–H groups in total. The molecular weight excluding hydrogens is 348 g/mol. The molecule has 3 aromatic rings. The zero-order chi connectivity index (χ0) is 18.1. The van der Waals surface area contributed by atoms with Crippen LogP contribution < -0.4 is 4.72 Å². The zero-order valence-electron chi connectivity index (χ0n) is 14.5. The van der Waals surface area contributed by atoms with Crippen LogP contribution in [0.4, 0.5) is 0 Å². The van der Waals surface area contributed by atoms with Crippen molar-refractivity contribution in [3.05, 3.63) is 71.7 Å². The number of sulfonamides is 1. The van der Waals surface area contributed by atoms with Crippen molar-refractivity contribution in [1.82, 2.24) is 9.71 Å². The molecule has 0 aliphatic heterocycles. The fourth-order valence-corrected chi connectivity index (χ4v) is 4.67. The maximum absolute atomic E-state index is 12.8. The van der Waals surface area contributed by atoms with Gasteiger partial charge in [0.15, 0.2) is 11.7 Å². The van der Waals surface area contributed by atoms with Gasteiger partial charge in [0.25, 0.3) is 0 Å². The third-order valence-corrected chi connectivity index (χ3v) is 6.22. The van der Waals surface area contributed by atoms with Crippen molar-refractivity contribution >= 4 is 10.0 Å². The molecule has 0 amide bonds. The molecule has 6 heteroatoms. The Kier molecular flexibility index (Phi) is 4.38. The first-order chi connectivity index (χ1) is 12.5. The predicted molar refractivity (Wildman–Crippen MR) is 99.1 cm³/mol.